The van der Waals surface area contributed by atoms with Gasteiger partial charge in [-0.3, -0.25) is 9.59 Å². The van der Waals surface area contributed by atoms with E-state index in [1.165, 1.54) is 0 Å². The predicted octanol–water partition coefficient (Wildman–Crippen LogP) is 3.31. The largest absolute Gasteiger partial charge is 1.00 e. The van der Waals surface area contributed by atoms with Gasteiger partial charge in [-0.15, -0.1) is 0 Å². The van der Waals surface area contributed by atoms with Gasteiger partial charge in [0.2, 0.25) is 5.91 Å². The van der Waals surface area contributed by atoms with Gasteiger partial charge < -0.3 is 49.1 Å². The molecule has 0 radical (unpaired) electrons. The van der Waals surface area contributed by atoms with E-state index < -0.39 is 0 Å². The standard InChI is InChI=1S/C47H60N3O6S2.2ClH/c1-5-53-43-21-19-40(45(36-43)55-7-3)17-15-38-23-30-49(31-24-38)28-9-12-42(51)13-11-34-57-58-35-27-48-47(52)14-10-29-50-32-25-39(26-33-50)16-18-41-20-22-44(54-6-2)37-46(41)56-8-4;;/h15-26,30-33,36-37H,5-14,27-29,34-35H2,1-4H3;2*1H/q+1;;/p-1/b17-15+,18-16+;;. The van der Waals surface area contributed by atoms with Gasteiger partial charge in [0.25, 0.3) is 0 Å². The number of ether oxygens (including phenoxy) is 4. The van der Waals surface area contributed by atoms with E-state index in [9.17, 15) is 9.59 Å². The third-order valence-corrected chi connectivity index (χ3v) is 11.4. The molecule has 13 heteroatoms. The number of pyridine rings is 2. The molecule has 0 aliphatic rings. The Morgan fingerprint density at radius 1 is 0.567 bits per heavy atom. The number of aryl methyl sites for hydroxylation is 2. The van der Waals surface area contributed by atoms with Gasteiger partial charge in [-0.2, -0.15) is 0 Å². The van der Waals surface area contributed by atoms with Crippen molar-refractivity contribution in [2.75, 3.05) is 44.5 Å². The fourth-order valence-electron chi connectivity index (χ4n) is 5.98. The van der Waals surface area contributed by atoms with Crippen molar-refractivity contribution in [1.29, 1.82) is 0 Å². The minimum Gasteiger partial charge on any atom is -1.00 e. The number of ketones is 1. The highest BCUT2D eigenvalue weighted by Gasteiger charge is 2.09. The van der Waals surface area contributed by atoms with Crippen LogP contribution in [0.15, 0.2) is 85.5 Å². The van der Waals surface area contributed by atoms with Crippen LogP contribution in [0.2, 0.25) is 0 Å². The number of hydrogen-bond donors (Lipinski definition) is 1. The lowest BCUT2D eigenvalue weighted by molar-refractivity contribution is -0.697. The Morgan fingerprint density at radius 2 is 1.02 bits per heavy atom. The van der Waals surface area contributed by atoms with Crippen molar-refractivity contribution < 1.29 is 62.5 Å². The summed E-state index contributed by atoms with van der Waals surface area (Å²) in [7, 11) is 3.52. The number of hydrogen-bond acceptors (Lipinski definition) is 8. The Kier molecular flexibility index (Phi) is 26.7. The summed E-state index contributed by atoms with van der Waals surface area (Å²) in [6.45, 7) is 12.5. The second-order valence-corrected chi connectivity index (χ2v) is 16.1. The van der Waals surface area contributed by atoms with E-state index in [0.29, 0.717) is 58.0 Å². The summed E-state index contributed by atoms with van der Waals surface area (Å²) in [4.78, 5) is 24.8. The number of Topliss-reactive ketones (excluding diaryl/α,β-unsaturated/α-hetero) is 1. The number of nitrogens with zero attached hydrogens (tertiary/aromatic N) is 2. The van der Waals surface area contributed by atoms with Gasteiger partial charge in [-0.1, -0.05) is 45.9 Å². The molecule has 0 aliphatic heterocycles. The lowest BCUT2D eigenvalue weighted by Gasteiger charge is -2.10. The molecule has 0 spiro atoms. The van der Waals surface area contributed by atoms with E-state index >= 15 is 0 Å². The number of halogens is 2. The molecular formula is C47H61Cl2N3O6S2. The van der Waals surface area contributed by atoms with Crippen molar-refractivity contribution >= 4 is 57.6 Å². The second-order valence-electron chi connectivity index (χ2n) is 13.4. The third-order valence-electron chi connectivity index (χ3n) is 8.90. The summed E-state index contributed by atoms with van der Waals surface area (Å²) in [6, 6.07) is 20.1. The van der Waals surface area contributed by atoms with Gasteiger partial charge in [-0.05, 0) is 69.5 Å². The van der Waals surface area contributed by atoms with Crippen LogP contribution in [0.5, 0.6) is 23.0 Å². The van der Waals surface area contributed by atoms with E-state index in [1.807, 2.05) is 76.5 Å². The molecule has 0 unspecified atom stereocenters. The number of carbonyl (C=O) groups is 2. The number of nitrogens with one attached hydrogen (secondary N) is 1. The summed E-state index contributed by atoms with van der Waals surface area (Å²) < 4.78 is 27.1. The second kappa shape index (κ2) is 30.8. The molecule has 0 saturated heterocycles. The molecule has 1 amide bonds. The van der Waals surface area contributed by atoms with E-state index in [4.69, 9.17) is 18.9 Å². The summed E-state index contributed by atoms with van der Waals surface area (Å²) in [5.74, 6) is 5.40. The molecule has 0 bridgehead atoms. The fraction of sp³-hybridized carbons (Fsp3) is 0.404. The highest BCUT2D eigenvalue weighted by atomic mass is 35.5. The average Bonchev–Trinajstić information content (AvgIpc) is 3.23. The maximum atomic E-state index is 12.5. The van der Waals surface area contributed by atoms with Crippen LogP contribution in [0, 0.1) is 0 Å². The molecule has 60 heavy (non-hydrogen) atoms. The molecule has 4 aromatic rings. The van der Waals surface area contributed by atoms with Gasteiger partial charge >= 0.3 is 0 Å². The van der Waals surface area contributed by atoms with E-state index in [0.717, 1.165) is 89.1 Å². The normalized spacial score (nSPS) is 10.9. The molecular weight excluding hydrogens is 838 g/mol. The number of amides is 1. The van der Waals surface area contributed by atoms with Crippen LogP contribution in [0.3, 0.4) is 0 Å². The van der Waals surface area contributed by atoms with Crippen molar-refractivity contribution in [3.05, 3.63) is 108 Å². The Bertz CT molecular complexity index is 1760. The fourth-order valence-corrected chi connectivity index (χ4v) is 7.98. The van der Waals surface area contributed by atoms with Crippen molar-refractivity contribution in [3.63, 3.8) is 0 Å². The zero-order valence-electron chi connectivity index (χ0n) is 35.4. The molecule has 1 N–H and O–H groups in total. The number of carbonyl (C=O) groups excluding carboxylic acids is 2. The first kappa shape index (κ1) is 52.0. The summed E-state index contributed by atoms with van der Waals surface area (Å²) in [6.07, 6.45) is 20.7. The van der Waals surface area contributed by atoms with Crippen molar-refractivity contribution in [3.8, 4) is 23.0 Å². The van der Waals surface area contributed by atoms with Crippen LogP contribution in [0.1, 0.15) is 88.5 Å². The number of rotatable bonds is 28. The lowest BCUT2D eigenvalue weighted by Crippen LogP contribution is -3.00. The molecule has 0 saturated carbocycles. The van der Waals surface area contributed by atoms with Crippen LogP contribution < -0.4 is 58.2 Å². The average molecular weight is 899 g/mol. The Morgan fingerprint density at radius 3 is 1.50 bits per heavy atom. The molecule has 9 nitrogen and oxygen atoms in total. The van der Waals surface area contributed by atoms with Crippen molar-refractivity contribution in [1.82, 2.24) is 5.32 Å². The minimum atomic E-state index is 0. The van der Waals surface area contributed by atoms with Gasteiger partial charge in [-0.25, -0.2) is 9.13 Å². The molecule has 0 atom stereocenters. The maximum Gasteiger partial charge on any atom is 0.220 e. The summed E-state index contributed by atoms with van der Waals surface area (Å²) in [5, 5.41) is 3.03. The first-order valence-corrected chi connectivity index (χ1v) is 23.1. The maximum absolute atomic E-state index is 12.5. The third kappa shape index (κ3) is 19.9. The van der Waals surface area contributed by atoms with Gasteiger partial charge in [0.15, 0.2) is 24.8 Å². The summed E-state index contributed by atoms with van der Waals surface area (Å²) in [5.41, 5.74) is 4.19. The van der Waals surface area contributed by atoms with Gasteiger partial charge in [0.05, 0.1) is 26.4 Å². The van der Waals surface area contributed by atoms with Crippen LogP contribution in [-0.2, 0) is 22.7 Å². The van der Waals surface area contributed by atoms with Crippen molar-refractivity contribution in [2.45, 2.75) is 79.3 Å². The van der Waals surface area contributed by atoms with Gasteiger partial charge in [0, 0.05) is 97.7 Å². The van der Waals surface area contributed by atoms with Crippen molar-refractivity contribution in [2.24, 2.45) is 0 Å². The SMILES string of the molecule is CCOc1ccc(/C=C/c2cc[n+](CCCC(=O)CCCSSCCNC(=O)CCC[n+]3ccc(/C=C/c4ccc(OCC)cc4OCC)cc3)cc2)c(OCC)c1.[Cl-].[Cl-]. The first-order chi connectivity index (χ1) is 28.4. The zero-order chi connectivity index (χ0) is 41.2. The number of benzene rings is 2. The molecule has 0 fully saturated rings. The van der Waals surface area contributed by atoms with Crippen LogP contribution in [0.25, 0.3) is 24.3 Å². The monoisotopic (exact) mass is 897 g/mol. The topological polar surface area (TPSA) is 90.9 Å². The Hall–Kier alpha value is -4.16. The molecule has 2 aromatic heterocycles. The highest BCUT2D eigenvalue weighted by Crippen LogP contribution is 2.28. The first-order valence-electron chi connectivity index (χ1n) is 20.6. The quantitative estimate of drug-likeness (QED) is 0.0529. The zero-order valence-corrected chi connectivity index (χ0v) is 38.6. The van der Waals surface area contributed by atoms with E-state index in [2.05, 4.69) is 75.4 Å². The summed E-state index contributed by atoms with van der Waals surface area (Å²) >= 11 is 0. The molecule has 326 valence electrons. The molecule has 0 aliphatic carbocycles. The Labute approximate surface area is 377 Å². The predicted molar refractivity (Wildman–Crippen MR) is 239 cm³/mol. The minimum absolute atomic E-state index is 0. The smallest absolute Gasteiger partial charge is 0.220 e. The molecule has 4 rings (SSSR count). The van der Waals surface area contributed by atoms with Crippen LogP contribution in [0.4, 0.5) is 0 Å². The van der Waals surface area contributed by atoms with Gasteiger partial charge in [0.1, 0.15) is 41.9 Å². The lowest BCUT2D eigenvalue weighted by atomic mass is 10.1. The number of aromatic nitrogens is 2. The van der Waals surface area contributed by atoms with Crippen LogP contribution >= 0.6 is 21.6 Å². The van der Waals surface area contributed by atoms with Crippen LogP contribution in [-0.4, -0.2) is 56.2 Å². The molecule has 2 aromatic carbocycles. The molecule has 2 heterocycles. The Balaban J connectivity index is 0.00000620. The highest BCUT2D eigenvalue weighted by molar-refractivity contribution is 8.76. The van der Waals surface area contributed by atoms with E-state index in [1.54, 1.807) is 21.6 Å². The van der Waals surface area contributed by atoms with E-state index in [-0.39, 0.29) is 30.7 Å².